The summed E-state index contributed by atoms with van der Waals surface area (Å²) >= 11 is 5.68. The molecule has 0 fully saturated rings. The van der Waals surface area contributed by atoms with Crippen molar-refractivity contribution in [2.45, 2.75) is 20.0 Å². The van der Waals surface area contributed by atoms with Crippen LogP contribution in [0.15, 0.2) is 30.8 Å². The lowest BCUT2D eigenvalue weighted by Crippen LogP contribution is -2.05. The minimum Gasteiger partial charge on any atom is -0.491 e. The molecule has 0 radical (unpaired) electrons. The summed E-state index contributed by atoms with van der Waals surface area (Å²) in [6.07, 6.45) is 0.206. The predicted octanol–water partition coefficient (Wildman–Crippen LogP) is 3.73. The van der Waals surface area contributed by atoms with Gasteiger partial charge in [-0.25, -0.2) is 0 Å². The summed E-state index contributed by atoms with van der Waals surface area (Å²) in [5.41, 5.74) is 2.00. The molecule has 0 N–H and O–H groups in total. The number of rotatable bonds is 4. The smallest absolute Gasteiger partial charge is 0.119 e. The van der Waals surface area contributed by atoms with Gasteiger partial charge in [-0.05, 0) is 37.1 Å². The topological polar surface area (TPSA) is 9.23 Å². The molecule has 0 aliphatic carbocycles. The zero-order valence-corrected chi connectivity index (χ0v) is 9.34. The van der Waals surface area contributed by atoms with Crippen molar-refractivity contribution in [3.63, 3.8) is 0 Å². The highest BCUT2D eigenvalue weighted by Gasteiger charge is 1.99. The molecule has 1 nitrogen and oxygen atoms in total. The van der Waals surface area contributed by atoms with Gasteiger partial charge in [0, 0.05) is 5.88 Å². The SMILES string of the molecule is C=C(CCl)c1ccc(OC(C)C)cc1. The lowest BCUT2D eigenvalue weighted by atomic mass is 10.1. The third-order valence-electron chi connectivity index (χ3n) is 1.80. The van der Waals surface area contributed by atoms with E-state index in [0.717, 1.165) is 16.9 Å². The van der Waals surface area contributed by atoms with Crippen LogP contribution < -0.4 is 4.74 Å². The fraction of sp³-hybridized carbons (Fsp3) is 0.333. The number of hydrogen-bond acceptors (Lipinski definition) is 1. The third kappa shape index (κ3) is 3.08. The van der Waals surface area contributed by atoms with Crippen LogP contribution in [0.25, 0.3) is 5.57 Å². The molecule has 14 heavy (non-hydrogen) atoms. The molecule has 0 unspecified atom stereocenters. The van der Waals surface area contributed by atoms with Crippen LogP contribution >= 0.6 is 11.6 Å². The second kappa shape index (κ2) is 5.06. The van der Waals surface area contributed by atoms with Crippen LogP contribution in [0.4, 0.5) is 0 Å². The van der Waals surface area contributed by atoms with Crippen molar-refractivity contribution >= 4 is 17.2 Å². The zero-order chi connectivity index (χ0) is 10.6. The van der Waals surface area contributed by atoms with Crippen molar-refractivity contribution in [3.05, 3.63) is 36.4 Å². The van der Waals surface area contributed by atoms with Crippen LogP contribution in [-0.2, 0) is 0 Å². The number of halogens is 1. The molecule has 0 saturated carbocycles. The van der Waals surface area contributed by atoms with E-state index < -0.39 is 0 Å². The Morgan fingerprint density at radius 1 is 1.36 bits per heavy atom. The summed E-state index contributed by atoms with van der Waals surface area (Å²) in [6, 6.07) is 7.82. The molecule has 0 saturated heterocycles. The maximum Gasteiger partial charge on any atom is 0.119 e. The highest BCUT2D eigenvalue weighted by molar-refractivity contribution is 6.23. The second-order valence-corrected chi connectivity index (χ2v) is 3.70. The van der Waals surface area contributed by atoms with Crippen LogP contribution in [0.3, 0.4) is 0 Å². The average molecular weight is 211 g/mol. The third-order valence-corrected chi connectivity index (χ3v) is 2.12. The first-order valence-electron chi connectivity index (χ1n) is 4.64. The van der Waals surface area contributed by atoms with Gasteiger partial charge in [0.05, 0.1) is 6.10 Å². The molecule has 0 bridgehead atoms. The van der Waals surface area contributed by atoms with Crippen LogP contribution in [0, 0.1) is 0 Å². The summed E-state index contributed by atoms with van der Waals surface area (Å²) in [7, 11) is 0. The molecule has 0 amide bonds. The molecule has 76 valence electrons. The summed E-state index contributed by atoms with van der Waals surface area (Å²) in [6.45, 7) is 7.87. The molecule has 0 heterocycles. The van der Waals surface area contributed by atoms with E-state index in [-0.39, 0.29) is 6.10 Å². The standard InChI is InChI=1S/C12H15ClO/c1-9(2)14-12-6-4-11(5-7-12)10(3)8-13/h4-7,9H,3,8H2,1-2H3. The van der Waals surface area contributed by atoms with E-state index in [4.69, 9.17) is 16.3 Å². The van der Waals surface area contributed by atoms with E-state index >= 15 is 0 Å². The molecule has 0 aliphatic rings. The van der Waals surface area contributed by atoms with Gasteiger partial charge in [0.1, 0.15) is 5.75 Å². The fourth-order valence-corrected chi connectivity index (χ4v) is 1.27. The Balaban J connectivity index is 2.73. The molecule has 0 spiro atoms. The van der Waals surface area contributed by atoms with Gasteiger partial charge in [-0.1, -0.05) is 18.7 Å². The Labute approximate surface area is 90.3 Å². The number of ether oxygens (including phenoxy) is 1. The van der Waals surface area contributed by atoms with Gasteiger partial charge in [0.2, 0.25) is 0 Å². The Kier molecular flexibility index (Phi) is 4.02. The zero-order valence-electron chi connectivity index (χ0n) is 8.59. The molecule has 1 aromatic carbocycles. The first-order chi connectivity index (χ1) is 6.63. The van der Waals surface area contributed by atoms with E-state index in [0.29, 0.717) is 5.88 Å². The lowest BCUT2D eigenvalue weighted by molar-refractivity contribution is 0.242. The Morgan fingerprint density at radius 3 is 2.36 bits per heavy atom. The van der Waals surface area contributed by atoms with Gasteiger partial charge in [-0.2, -0.15) is 0 Å². The molecular formula is C12H15ClO. The van der Waals surface area contributed by atoms with E-state index in [9.17, 15) is 0 Å². The van der Waals surface area contributed by atoms with Crippen molar-refractivity contribution < 1.29 is 4.74 Å². The Bertz CT molecular complexity index is 301. The van der Waals surface area contributed by atoms with Gasteiger partial charge in [0.15, 0.2) is 0 Å². The Hall–Kier alpha value is -0.950. The normalized spacial score (nSPS) is 10.3. The monoisotopic (exact) mass is 210 g/mol. The van der Waals surface area contributed by atoms with E-state index in [1.165, 1.54) is 0 Å². The van der Waals surface area contributed by atoms with Gasteiger partial charge in [-0.3, -0.25) is 0 Å². The molecule has 1 aromatic rings. The number of allylic oxidation sites excluding steroid dienone is 1. The highest BCUT2D eigenvalue weighted by atomic mass is 35.5. The summed E-state index contributed by atoms with van der Waals surface area (Å²) in [5.74, 6) is 1.34. The second-order valence-electron chi connectivity index (χ2n) is 3.43. The van der Waals surface area contributed by atoms with Gasteiger partial charge >= 0.3 is 0 Å². The summed E-state index contributed by atoms with van der Waals surface area (Å²) in [5, 5.41) is 0. The molecule has 1 rings (SSSR count). The van der Waals surface area contributed by atoms with E-state index in [1.54, 1.807) is 0 Å². The summed E-state index contributed by atoms with van der Waals surface area (Å²) in [4.78, 5) is 0. The van der Waals surface area contributed by atoms with E-state index in [1.807, 2.05) is 38.1 Å². The van der Waals surface area contributed by atoms with Gasteiger partial charge in [-0.15, -0.1) is 11.6 Å². The molecule has 0 aliphatic heterocycles. The van der Waals surface area contributed by atoms with Crippen molar-refractivity contribution in [1.29, 1.82) is 0 Å². The van der Waals surface area contributed by atoms with Crippen LogP contribution in [-0.4, -0.2) is 12.0 Å². The Morgan fingerprint density at radius 2 is 1.93 bits per heavy atom. The van der Waals surface area contributed by atoms with Crippen LogP contribution in [0.1, 0.15) is 19.4 Å². The average Bonchev–Trinajstić information content (AvgIpc) is 2.17. The first kappa shape index (κ1) is 11.1. The van der Waals surface area contributed by atoms with Crippen molar-refractivity contribution in [2.75, 3.05) is 5.88 Å². The largest absolute Gasteiger partial charge is 0.491 e. The number of hydrogen-bond donors (Lipinski definition) is 0. The lowest BCUT2D eigenvalue weighted by Gasteiger charge is -2.10. The van der Waals surface area contributed by atoms with Crippen molar-refractivity contribution in [2.24, 2.45) is 0 Å². The van der Waals surface area contributed by atoms with Gasteiger partial charge < -0.3 is 4.74 Å². The maximum atomic E-state index is 5.68. The van der Waals surface area contributed by atoms with Crippen LogP contribution in [0.5, 0.6) is 5.75 Å². The number of benzene rings is 1. The van der Waals surface area contributed by atoms with Crippen molar-refractivity contribution in [3.8, 4) is 5.75 Å². The minimum atomic E-state index is 0.206. The molecule has 0 atom stereocenters. The first-order valence-corrected chi connectivity index (χ1v) is 5.17. The highest BCUT2D eigenvalue weighted by Crippen LogP contribution is 2.19. The van der Waals surface area contributed by atoms with Crippen LogP contribution in [0.2, 0.25) is 0 Å². The van der Waals surface area contributed by atoms with E-state index in [2.05, 4.69) is 6.58 Å². The maximum absolute atomic E-state index is 5.68. The summed E-state index contributed by atoms with van der Waals surface area (Å²) < 4.78 is 5.52. The van der Waals surface area contributed by atoms with Crippen molar-refractivity contribution in [1.82, 2.24) is 0 Å². The minimum absolute atomic E-state index is 0.206. The molecule has 0 aromatic heterocycles. The quantitative estimate of drug-likeness (QED) is 0.689. The number of alkyl halides is 1. The molecular weight excluding hydrogens is 196 g/mol. The predicted molar refractivity (Wildman–Crippen MR) is 62.0 cm³/mol. The molecule has 2 heteroatoms. The van der Waals surface area contributed by atoms with Gasteiger partial charge in [0.25, 0.3) is 0 Å². The fourth-order valence-electron chi connectivity index (χ4n) is 1.12.